The van der Waals surface area contributed by atoms with Crippen LogP contribution in [0.25, 0.3) is 0 Å². The summed E-state index contributed by atoms with van der Waals surface area (Å²) < 4.78 is 5.35. The maximum absolute atomic E-state index is 5.35. The van der Waals surface area contributed by atoms with Gasteiger partial charge in [0.2, 0.25) is 0 Å². The summed E-state index contributed by atoms with van der Waals surface area (Å²) in [5, 5.41) is 10.8. The van der Waals surface area contributed by atoms with Crippen LogP contribution in [0.3, 0.4) is 0 Å². The van der Waals surface area contributed by atoms with Crippen LogP contribution >= 0.6 is 24.0 Å². The van der Waals surface area contributed by atoms with E-state index >= 15 is 0 Å². The van der Waals surface area contributed by atoms with Crippen LogP contribution in [0.15, 0.2) is 15.6 Å². The molecule has 1 aliphatic heterocycles. The second-order valence-corrected chi connectivity index (χ2v) is 7.10. The highest BCUT2D eigenvalue weighted by Gasteiger charge is 2.09. The van der Waals surface area contributed by atoms with Crippen molar-refractivity contribution in [3.63, 3.8) is 0 Å². The molecule has 26 heavy (non-hydrogen) atoms. The minimum absolute atomic E-state index is 0. The highest BCUT2D eigenvalue weighted by molar-refractivity contribution is 14.0. The number of hydrogen-bond donors (Lipinski definition) is 2. The quantitative estimate of drug-likeness (QED) is 0.259. The third-order valence-corrected chi connectivity index (χ3v) is 4.55. The number of hydrogen-bond acceptors (Lipinski definition) is 4. The molecule has 0 aromatic carbocycles. The summed E-state index contributed by atoms with van der Waals surface area (Å²) >= 11 is 0. The Labute approximate surface area is 175 Å². The van der Waals surface area contributed by atoms with Crippen molar-refractivity contribution in [1.29, 1.82) is 0 Å². The number of likely N-dealkylation sites (tertiary alicyclic amines) is 1. The van der Waals surface area contributed by atoms with Gasteiger partial charge in [0.15, 0.2) is 11.7 Å². The smallest absolute Gasteiger partial charge is 0.191 e. The number of nitrogens with zero attached hydrogens (tertiary/aromatic N) is 3. The molecule has 150 valence electrons. The second-order valence-electron chi connectivity index (χ2n) is 7.10. The summed E-state index contributed by atoms with van der Waals surface area (Å²) in [5.74, 6) is 2.04. The number of guanidine groups is 1. The van der Waals surface area contributed by atoms with Crippen molar-refractivity contribution >= 4 is 29.9 Å². The molecule has 0 atom stereocenters. The van der Waals surface area contributed by atoms with Gasteiger partial charge in [-0.05, 0) is 51.7 Å². The average molecular weight is 477 g/mol. The highest BCUT2D eigenvalue weighted by Crippen LogP contribution is 2.14. The third-order valence-electron chi connectivity index (χ3n) is 4.55. The van der Waals surface area contributed by atoms with Gasteiger partial charge in [-0.2, -0.15) is 0 Å². The molecule has 6 nitrogen and oxygen atoms in total. The zero-order valence-electron chi connectivity index (χ0n) is 16.6. The molecule has 7 heteroatoms. The van der Waals surface area contributed by atoms with E-state index in [0.717, 1.165) is 36.9 Å². The molecule has 0 spiro atoms. The molecule has 2 heterocycles. The first-order chi connectivity index (χ1) is 12.2. The first-order valence-electron chi connectivity index (χ1n) is 9.89. The molecule has 2 rings (SSSR count). The van der Waals surface area contributed by atoms with Crippen molar-refractivity contribution in [2.24, 2.45) is 4.99 Å². The van der Waals surface area contributed by atoms with Crippen LogP contribution in [0.4, 0.5) is 0 Å². The molecule has 0 bridgehead atoms. The largest absolute Gasteiger partial charge is 0.359 e. The van der Waals surface area contributed by atoms with Crippen LogP contribution in [0.5, 0.6) is 0 Å². The number of aromatic nitrogens is 1. The van der Waals surface area contributed by atoms with E-state index in [9.17, 15) is 0 Å². The summed E-state index contributed by atoms with van der Waals surface area (Å²) in [5.41, 5.74) is 0.987. The minimum Gasteiger partial charge on any atom is -0.359 e. The lowest BCUT2D eigenvalue weighted by molar-refractivity contribution is 0.282. The Balaban J connectivity index is 0.00000338. The molecule has 1 aromatic heterocycles. The van der Waals surface area contributed by atoms with Crippen molar-refractivity contribution in [3.8, 4) is 0 Å². The Morgan fingerprint density at radius 3 is 2.58 bits per heavy atom. The van der Waals surface area contributed by atoms with Crippen LogP contribution in [0, 0.1) is 0 Å². The van der Waals surface area contributed by atoms with Gasteiger partial charge >= 0.3 is 0 Å². The molecule has 1 aromatic rings. The first kappa shape index (κ1) is 23.2. The number of rotatable bonds is 8. The van der Waals surface area contributed by atoms with E-state index in [1.54, 1.807) is 0 Å². The Morgan fingerprint density at radius 2 is 1.96 bits per heavy atom. The zero-order valence-corrected chi connectivity index (χ0v) is 18.9. The molecular formula is C19H36IN5O. The summed E-state index contributed by atoms with van der Waals surface area (Å²) in [6, 6.07) is 2.00. The number of halogens is 1. The van der Waals surface area contributed by atoms with Crippen LogP contribution in [-0.4, -0.2) is 48.7 Å². The zero-order chi connectivity index (χ0) is 17.9. The van der Waals surface area contributed by atoms with Gasteiger partial charge in [0.25, 0.3) is 0 Å². The SMILES string of the molecule is CCNC(=NCc1cc(C(C)C)no1)NCCCN1CCCCCC1.I. The van der Waals surface area contributed by atoms with Gasteiger partial charge in [0, 0.05) is 19.2 Å². The summed E-state index contributed by atoms with van der Waals surface area (Å²) in [6.45, 7) is 12.3. The van der Waals surface area contributed by atoms with Gasteiger partial charge in [0.1, 0.15) is 6.54 Å². The normalized spacial score (nSPS) is 16.2. The fourth-order valence-electron chi connectivity index (χ4n) is 3.04. The van der Waals surface area contributed by atoms with Crippen molar-refractivity contribution in [2.75, 3.05) is 32.7 Å². The monoisotopic (exact) mass is 477 g/mol. The van der Waals surface area contributed by atoms with Crippen molar-refractivity contribution in [3.05, 3.63) is 17.5 Å². The van der Waals surface area contributed by atoms with Crippen LogP contribution in [0.1, 0.15) is 70.2 Å². The average Bonchev–Trinajstić information content (AvgIpc) is 2.93. The molecule has 0 aliphatic carbocycles. The fourth-order valence-corrected chi connectivity index (χ4v) is 3.04. The van der Waals surface area contributed by atoms with Gasteiger partial charge in [-0.15, -0.1) is 24.0 Å². The fraction of sp³-hybridized carbons (Fsp3) is 0.789. The minimum atomic E-state index is 0. The Morgan fingerprint density at radius 1 is 1.23 bits per heavy atom. The second kappa shape index (κ2) is 13.4. The molecule has 0 saturated carbocycles. The van der Waals surface area contributed by atoms with Crippen molar-refractivity contribution < 1.29 is 4.52 Å². The standard InChI is InChI=1S/C19H35N5O.HI/c1-4-20-19(22-15-17-14-18(16(2)3)23-25-17)21-10-9-13-24-11-7-5-6-8-12-24;/h14,16H,4-13,15H2,1-3H3,(H2,20,21,22);1H. The van der Waals surface area contributed by atoms with Crippen LogP contribution in [0.2, 0.25) is 0 Å². The lowest BCUT2D eigenvalue weighted by Crippen LogP contribution is -2.38. The number of nitrogens with one attached hydrogen (secondary N) is 2. The van der Waals surface area contributed by atoms with E-state index in [1.807, 2.05) is 6.07 Å². The molecular weight excluding hydrogens is 441 g/mol. The molecule has 0 unspecified atom stereocenters. The third kappa shape index (κ3) is 8.70. The highest BCUT2D eigenvalue weighted by atomic mass is 127. The topological polar surface area (TPSA) is 65.7 Å². The van der Waals surface area contributed by atoms with Gasteiger partial charge in [-0.1, -0.05) is 31.8 Å². The van der Waals surface area contributed by atoms with Gasteiger partial charge in [-0.3, -0.25) is 0 Å². The van der Waals surface area contributed by atoms with Crippen LogP contribution in [-0.2, 0) is 6.54 Å². The molecule has 0 radical (unpaired) electrons. The summed E-state index contributed by atoms with van der Waals surface area (Å²) in [7, 11) is 0. The first-order valence-corrected chi connectivity index (χ1v) is 9.89. The molecule has 1 fully saturated rings. The van der Waals surface area contributed by atoms with Crippen molar-refractivity contribution in [1.82, 2.24) is 20.7 Å². The number of aliphatic imine (C=N–C) groups is 1. The van der Waals surface area contributed by atoms with Gasteiger partial charge in [-0.25, -0.2) is 4.99 Å². The lowest BCUT2D eigenvalue weighted by Gasteiger charge is -2.20. The van der Waals surface area contributed by atoms with Crippen LogP contribution < -0.4 is 10.6 Å². The lowest BCUT2D eigenvalue weighted by atomic mass is 10.1. The predicted molar refractivity (Wildman–Crippen MR) is 118 cm³/mol. The van der Waals surface area contributed by atoms with Gasteiger partial charge in [0.05, 0.1) is 5.69 Å². The summed E-state index contributed by atoms with van der Waals surface area (Å²) in [4.78, 5) is 7.20. The molecule has 1 aliphatic rings. The molecule has 0 amide bonds. The maximum Gasteiger partial charge on any atom is 0.191 e. The molecule has 1 saturated heterocycles. The van der Waals surface area contributed by atoms with E-state index < -0.39 is 0 Å². The van der Waals surface area contributed by atoms with E-state index in [2.05, 4.69) is 46.5 Å². The van der Waals surface area contributed by atoms with E-state index in [4.69, 9.17) is 4.52 Å². The Hall–Kier alpha value is -0.830. The van der Waals surface area contributed by atoms with Gasteiger partial charge < -0.3 is 20.1 Å². The van der Waals surface area contributed by atoms with E-state index in [0.29, 0.717) is 12.5 Å². The van der Waals surface area contributed by atoms with E-state index in [-0.39, 0.29) is 24.0 Å². The van der Waals surface area contributed by atoms with E-state index in [1.165, 1.54) is 45.3 Å². The predicted octanol–water partition coefficient (Wildman–Crippen LogP) is 3.74. The molecule has 2 N–H and O–H groups in total. The summed E-state index contributed by atoms with van der Waals surface area (Å²) in [6.07, 6.45) is 6.64. The maximum atomic E-state index is 5.35. The van der Waals surface area contributed by atoms with Crippen molar-refractivity contribution in [2.45, 2.75) is 65.3 Å². The Kier molecular flexibility index (Phi) is 11.9. The Bertz CT molecular complexity index is 510.